The number of aromatic hydroxyl groups is 1. The Balaban J connectivity index is 1.84. The molecule has 3 aromatic rings. The van der Waals surface area contributed by atoms with Crippen LogP contribution in [0.1, 0.15) is 30.4 Å². The zero-order valence-corrected chi connectivity index (χ0v) is 24.9. The van der Waals surface area contributed by atoms with Crippen molar-refractivity contribution >= 4 is 46.5 Å². The van der Waals surface area contributed by atoms with Crippen LogP contribution in [0.5, 0.6) is 5.75 Å². The Morgan fingerprint density at radius 1 is 0.826 bits per heavy atom. The number of aliphatic carboxylic acids is 1. The van der Waals surface area contributed by atoms with Crippen LogP contribution < -0.4 is 38.9 Å². The van der Waals surface area contributed by atoms with Crippen molar-refractivity contribution in [2.45, 2.75) is 56.3 Å². The summed E-state index contributed by atoms with van der Waals surface area (Å²) in [6.45, 7) is 0.126. The highest BCUT2D eigenvalue weighted by Crippen LogP contribution is 2.19. The van der Waals surface area contributed by atoms with Gasteiger partial charge in [0.25, 0.3) is 0 Å². The standard InChI is InChI=1S/C30H39N9O7/c31-20(14-25(32)41)26(42)37-22(6-3-11-35-30(33)34)27(43)38-23(12-16-7-9-18(40)10-8-16)28(44)39-24(29(45)46)13-17-15-36-21-5-2-1-4-19(17)21/h1-2,4-5,7-10,15,20,22-24,36,40H,3,6,11-14,31H2,(H2,32,41)(H,37,42)(H,38,43)(H,39,44)(H,45,46)(H4,33,34,35). The number of aromatic amines is 1. The van der Waals surface area contributed by atoms with Crippen LogP contribution in [0, 0.1) is 0 Å². The summed E-state index contributed by atoms with van der Waals surface area (Å²) in [5.41, 5.74) is 23.6. The average molecular weight is 638 g/mol. The van der Waals surface area contributed by atoms with Gasteiger partial charge in [0.15, 0.2) is 5.96 Å². The molecule has 4 unspecified atom stereocenters. The fraction of sp³-hybridized carbons (Fsp3) is 0.333. The van der Waals surface area contributed by atoms with Crippen molar-refractivity contribution in [3.05, 3.63) is 65.9 Å². The second-order valence-corrected chi connectivity index (χ2v) is 10.7. The first kappa shape index (κ1) is 34.8. The maximum Gasteiger partial charge on any atom is 0.326 e. The molecule has 16 heteroatoms. The highest BCUT2D eigenvalue weighted by Gasteiger charge is 2.31. The number of para-hydroxylation sites is 1. The molecule has 0 saturated heterocycles. The molecule has 4 amide bonds. The number of carboxylic acids is 1. The number of aliphatic imine (C=N–C) groups is 1. The van der Waals surface area contributed by atoms with E-state index in [1.165, 1.54) is 12.1 Å². The third kappa shape index (κ3) is 10.5. The van der Waals surface area contributed by atoms with Gasteiger partial charge in [-0.05, 0) is 42.2 Å². The lowest BCUT2D eigenvalue weighted by Crippen LogP contribution is -2.58. The molecule has 3 rings (SSSR count). The van der Waals surface area contributed by atoms with Crippen molar-refractivity contribution in [2.75, 3.05) is 6.54 Å². The van der Waals surface area contributed by atoms with Gasteiger partial charge in [0.1, 0.15) is 23.9 Å². The lowest BCUT2D eigenvalue weighted by Gasteiger charge is -2.25. The minimum absolute atomic E-state index is 0.0174. The van der Waals surface area contributed by atoms with Crippen molar-refractivity contribution in [2.24, 2.45) is 27.9 Å². The summed E-state index contributed by atoms with van der Waals surface area (Å²) in [6.07, 6.45) is 1.32. The van der Waals surface area contributed by atoms with Crippen LogP contribution in [0.3, 0.4) is 0 Å². The number of carbonyl (C=O) groups is 5. The maximum absolute atomic E-state index is 13.6. The number of carboxylic acid groups (broad SMARTS) is 1. The summed E-state index contributed by atoms with van der Waals surface area (Å²) in [7, 11) is 0. The minimum atomic E-state index is -1.35. The number of nitrogens with two attached hydrogens (primary N) is 4. The number of nitrogens with one attached hydrogen (secondary N) is 4. The van der Waals surface area contributed by atoms with E-state index < -0.39 is 60.2 Å². The number of H-pyrrole nitrogens is 1. The fourth-order valence-electron chi connectivity index (χ4n) is 4.70. The molecule has 246 valence electrons. The van der Waals surface area contributed by atoms with E-state index in [9.17, 15) is 34.2 Å². The number of hydrogen-bond acceptors (Lipinski definition) is 8. The highest BCUT2D eigenvalue weighted by atomic mass is 16.4. The van der Waals surface area contributed by atoms with E-state index in [0.717, 1.165) is 10.9 Å². The Morgan fingerprint density at radius 2 is 1.46 bits per heavy atom. The van der Waals surface area contributed by atoms with Gasteiger partial charge in [-0.2, -0.15) is 0 Å². The molecule has 0 radical (unpaired) electrons. The summed E-state index contributed by atoms with van der Waals surface area (Å²) in [5, 5.41) is 28.1. The van der Waals surface area contributed by atoms with E-state index in [4.69, 9.17) is 22.9 Å². The van der Waals surface area contributed by atoms with Crippen LogP contribution in [0.15, 0.2) is 59.7 Å². The monoisotopic (exact) mass is 637 g/mol. The molecular formula is C30H39N9O7. The van der Waals surface area contributed by atoms with Gasteiger partial charge in [-0.25, -0.2) is 4.79 Å². The molecule has 1 heterocycles. The van der Waals surface area contributed by atoms with Crippen LogP contribution >= 0.6 is 0 Å². The number of phenols is 1. The number of rotatable bonds is 17. The maximum atomic E-state index is 13.6. The first-order valence-corrected chi connectivity index (χ1v) is 14.4. The summed E-state index contributed by atoms with van der Waals surface area (Å²) >= 11 is 0. The van der Waals surface area contributed by atoms with Crippen molar-refractivity contribution in [3.63, 3.8) is 0 Å². The molecule has 0 bridgehead atoms. The van der Waals surface area contributed by atoms with Gasteiger partial charge in [0.2, 0.25) is 23.6 Å². The molecule has 4 atom stereocenters. The predicted octanol–water partition coefficient (Wildman–Crippen LogP) is -1.55. The van der Waals surface area contributed by atoms with Crippen LogP contribution in [0.2, 0.25) is 0 Å². The molecule has 16 nitrogen and oxygen atoms in total. The number of benzene rings is 2. The number of phenolic OH excluding ortho intramolecular Hbond substituents is 1. The van der Waals surface area contributed by atoms with E-state index in [1.54, 1.807) is 18.3 Å². The third-order valence-electron chi connectivity index (χ3n) is 7.06. The van der Waals surface area contributed by atoms with Gasteiger partial charge in [-0.3, -0.25) is 24.2 Å². The van der Waals surface area contributed by atoms with E-state index >= 15 is 0 Å². The van der Waals surface area contributed by atoms with Crippen molar-refractivity contribution in [3.8, 4) is 5.75 Å². The summed E-state index contributed by atoms with van der Waals surface area (Å²) in [6, 6.07) is 7.95. The van der Waals surface area contributed by atoms with Gasteiger partial charge in [0, 0.05) is 36.5 Å². The molecule has 14 N–H and O–H groups in total. The summed E-state index contributed by atoms with van der Waals surface area (Å²) in [4.78, 5) is 70.3. The molecular weight excluding hydrogens is 598 g/mol. The van der Waals surface area contributed by atoms with E-state index in [0.29, 0.717) is 11.1 Å². The topological polar surface area (TPSA) is 294 Å². The van der Waals surface area contributed by atoms with Crippen LogP contribution in [-0.2, 0) is 36.8 Å². The Kier molecular flexibility index (Phi) is 12.5. The lowest BCUT2D eigenvalue weighted by molar-refractivity contribution is -0.142. The Labute approximate surface area is 264 Å². The van der Waals surface area contributed by atoms with Crippen molar-refractivity contribution in [1.29, 1.82) is 0 Å². The lowest BCUT2D eigenvalue weighted by atomic mass is 10.0. The molecule has 2 aromatic carbocycles. The SMILES string of the molecule is NC(=O)CC(N)C(=O)NC(CCCN=C(N)N)C(=O)NC(Cc1ccc(O)cc1)C(=O)NC(Cc1c[nH]c2ccccc12)C(=O)O. The predicted molar refractivity (Wildman–Crippen MR) is 169 cm³/mol. The Bertz CT molecular complexity index is 1570. The first-order valence-electron chi connectivity index (χ1n) is 14.4. The van der Waals surface area contributed by atoms with Gasteiger partial charge < -0.3 is 54.1 Å². The normalized spacial score (nSPS) is 13.5. The van der Waals surface area contributed by atoms with Gasteiger partial charge in [-0.1, -0.05) is 30.3 Å². The highest BCUT2D eigenvalue weighted by molar-refractivity contribution is 5.95. The van der Waals surface area contributed by atoms with Crippen LogP contribution in [0.4, 0.5) is 0 Å². The van der Waals surface area contributed by atoms with Crippen LogP contribution in [-0.4, -0.2) is 81.5 Å². The number of guanidine groups is 1. The zero-order valence-electron chi connectivity index (χ0n) is 24.9. The molecule has 0 spiro atoms. The number of amides is 4. The number of aromatic nitrogens is 1. The molecule has 0 aliphatic rings. The molecule has 0 aliphatic carbocycles. The molecule has 0 saturated carbocycles. The Morgan fingerprint density at radius 3 is 2.11 bits per heavy atom. The number of primary amides is 1. The van der Waals surface area contributed by atoms with E-state index in [2.05, 4.69) is 25.9 Å². The minimum Gasteiger partial charge on any atom is -0.508 e. The molecule has 0 fully saturated rings. The van der Waals surface area contributed by atoms with E-state index in [1.807, 2.05) is 24.3 Å². The number of nitrogens with zero attached hydrogens (tertiary/aromatic N) is 1. The second kappa shape index (κ2) is 16.4. The molecule has 1 aromatic heterocycles. The van der Waals surface area contributed by atoms with Gasteiger partial charge in [-0.15, -0.1) is 0 Å². The summed E-state index contributed by atoms with van der Waals surface area (Å²) < 4.78 is 0. The number of fused-ring (bicyclic) bond motifs is 1. The fourth-order valence-corrected chi connectivity index (χ4v) is 4.70. The quantitative estimate of drug-likeness (QED) is 0.0462. The third-order valence-corrected chi connectivity index (χ3v) is 7.06. The smallest absolute Gasteiger partial charge is 0.326 e. The molecule has 0 aliphatic heterocycles. The second-order valence-electron chi connectivity index (χ2n) is 10.7. The Hall–Kier alpha value is -5.64. The van der Waals surface area contributed by atoms with Crippen molar-refractivity contribution in [1.82, 2.24) is 20.9 Å². The van der Waals surface area contributed by atoms with E-state index in [-0.39, 0.29) is 43.9 Å². The average Bonchev–Trinajstić information content (AvgIpc) is 3.41. The number of carbonyl (C=O) groups excluding carboxylic acids is 4. The largest absolute Gasteiger partial charge is 0.508 e. The first-order chi connectivity index (χ1) is 21.8. The van der Waals surface area contributed by atoms with Gasteiger partial charge >= 0.3 is 5.97 Å². The van der Waals surface area contributed by atoms with Crippen molar-refractivity contribution < 1.29 is 34.2 Å². The number of hydrogen-bond donors (Lipinski definition) is 10. The zero-order chi connectivity index (χ0) is 33.8. The molecule has 46 heavy (non-hydrogen) atoms. The van der Waals surface area contributed by atoms with Gasteiger partial charge in [0.05, 0.1) is 12.5 Å². The van der Waals surface area contributed by atoms with Crippen LogP contribution in [0.25, 0.3) is 10.9 Å². The summed E-state index contributed by atoms with van der Waals surface area (Å²) in [5.74, 6) is -4.71.